The molecule has 0 bridgehead atoms. The van der Waals surface area contributed by atoms with Crippen LogP contribution in [0.4, 0.5) is 4.39 Å². The van der Waals surface area contributed by atoms with Crippen LogP contribution in [0.3, 0.4) is 0 Å². The molecule has 0 heterocycles. The van der Waals surface area contributed by atoms with E-state index >= 15 is 0 Å². The van der Waals surface area contributed by atoms with Crippen LogP contribution in [0.5, 0.6) is 11.5 Å². The third-order valence-corrected chi connectivity index (χ3v) is 3.22. The quantitative estimate of drug-likeness (QED) is 0.912. The van der Waals surface area contributed by atoms with Crippen molar-refractivity contribution in [1.82, 2.24) is 0 Å². The number of methoxy groups -OCH3 is 2. The average molecular weight is 275 g/mol. The van der Waals surface area contributed by atoms with Gasteiger partial charge in [0.05, 0.1) is 14.2 Å². The van der Waals surface area contributed by atoms with E-state index in [0.717, 1.165) is 11.3 Å². The highest BCUT2D eigenvalue weighted by molar-refractivity contribution is 5.34. The maximum absolute atomic E-state index is 14.1. The molecule has 0 aliphatic carbocycles. The fourth-order valence-corrected chi connectivity index (χ4v) is 2.10. The second kappa shape index (κ2) is 6.39. The van der Waals surface area contributed by atoms with Gasteiger partial charge >= 0.3 is 0 Å². The largest absolute Gasteiger partial charge is 0.497 e. The third kappa shape index (κ3) is 3.08. The predicted molar refractivity (Wildman–Crippen MR) is 76.6 cm³/mol. The summed E-state index contributed by atoms with van der Waals surface area (Å²) in [5.41, 5.74) is 7.60. The lowest BCUT2D eigenvalue weighted by Gasteiger charge is -2.14. The first kappa shape index (κ1) is 14.3. The molecule has 4 heteroatoms. The molecule has 3 nitrogen and oxygen atoms in total. The standard InChI is InChI=1S/C16H18FNO2/c1-19-13-7-3-5-11(9-13)14(18)10-12-6-4-8-15(20-2)16(12)17/h3-9,14H,10,18H2,1-2H3. The SMILES string of the molecule is COc1cccc(C(N)Cc2cccc(OC)c2F)c1. The summed E-state index contributed by atoms with van der Waals surface area (Å²) in [6.07, 6.45) is 0.399. The molecule has 0 amide bonds. The zero-order chi connectivity index (χ0) is 14.5. The summed E-state index contributed by atoms with van der Waals surface area (Å²) in [6.45, 7) is 0. The van der Waals surface area contributed by atoms with Crippen molar-refractivity contribution in [2.75, 3.05) is 14.2 Å². The number of benzene rings is 2. The van der Waals surface area contributed by atoms with E-state index in [1.807, 2.05) is 24.3 Å². The monoisotopic (exact) mass is 275 g/mol. The summed E-state index contributed by atoms with van der Waals surface area (Å²) in [4.78, 5) is 0. The Bertz CT molecular complexity index is 586. The summed E-state index contributed by atoms with van der Waals surface area (Å²) in [6, 6.07) is 12.3. The van der Waals surface area contributed by atoms with Crippen LogP contribution in [-0.4, -0.2) is 14.2 Å². The summed E-state index contributed by atoms with van der Waals surface area (Å²) in [5, 5.41) is 0. The van der Waals surface area contributed by atoms with Crippen molar-refractivity contribution in [1.29, 1.82) is 0 Å². The summed E-state index contributed by atoms with van der Waals surface area (Å²) in [5.74, 6) is 0.623. The van der Waals surface area contributed by atoms with Crippen molar-refractivity contribution >= 4 is 0 Å². The van der Waals surface area contributed by atoms with Gasteiger partial charge in [0.2, 0.25) is 0 Å². The van der Waals surface area contributed by atoms with Gasteiger partial charge in [0.1, 0.15) is 5.75 Å². The van der Waals surface area contributed by atoms with Gasteiger partial charge in [-0.1, -0.05) is 24.3 Å². The number of nitrogens with two attached hydrogens (primary N) is 1. The van der Waals surface area contributed by atoms with Crippen molar-refractivity contribution in [3.63, 3.8) is 0 Å². The van der Waals surface area contributed by atoms with Crippen molar-refractivity contribution in [2.45, 2.75) is 12.5 Å². The molecule has 1 atom stereocenters. The highest BCUT2D eigenvalue weighted by atomic mass is 19.1. The summed E-state index contributed by atoms with van der Waals surface area (Å²) < 4.78 is 24.2. The first-order valence-corrected chi connectivity index (χ1v) is 6.36. The van der Waals surface area contributed by atoms with Gasteiger partial charge in [-0.3, -0.25) is 0 Å². The minimum atomic E-state index is -0.353. The minimum Gasteiger partial charge on any atom is -0.497 e. The van der Waals surface area contributed by atoms with Crippen molar-refractivity contribution in [2.24, 2.45) is 5.73 Å². The molecule has 0 saturated carbocycles. The van der Waals surface area contributed by atoms with Gasteiger partial charge < -0.3 is 15.2 Å². The Balaban J connectivity index is 2.21. The van der Waals surface area contributed by atoms with E-state index in [1.54, 1.807) is 25.3 Å². The Kier molecular flexibility index (Phi) is 4.58. The van der Waals surface area contributed by atoms with E-state index < -0.39 is 0 Å². The van der Waals surface area contributed by atoms with Crippen molar-refractivity contribution in [3.05, 3.63) is 59.4 Å². The van der Waals surface area contributed by atoms with E-state index in [1.165, 1.54) is 7.11 Å². The summed E-state index contributed by atoms with van der Waals surface area (Å²) in [7, 11) is 3.05. The van der Waals surface area contributed by atoms with Crippen LogP contribution in [0, 0.1) is 5.82 Å². The van der Waals surface area contributed by atoms with Gasteiger partial charge in [0.25, 0.3) is 0 Å². The molecule has 2 N–H and O–H groups in total. The molecule has 2 rings (SSSR count). The van der Waals surface area contributed by atoms with Crippen LogP contribution in [-0.2, 0) is 6.42 Å². The normalized spacial score (nSPS) is 12.0. The van der Waals surface area contributed by atoms with Crippen LogP contribution in [0.15, 0.2) is 42.5 Å². The number of hydrogen-bond acceptors (Lipinski definition) is 3. The maximum atomic E-state index is 14.1. The molecule has 20 heavy (non-hydrogen) atoms. The lowest BCUT2D eigenvalue weighted by atomic mass is 9.99. The molecule has 2 aromatic rings. The zero-order valence-electron chi connectivity index (χ0n) is 11.6. The van der Waals surface area contributed by atoms with Crippen LogP contribution in [0.2, 0.25) is 0 Å². The third-order valence-electron chi connectivity index (χ3n) is 3.22. The number of hydrogen-bond donors (Lipinski definition) is 1. The maximum Gasteiger partial charge on any atom is 0.168 e. The van der Waals surface area contributed by atoms with Crippen LogP contribution in [0.25, 0.3) is 0 Å². The Labute approximate surface area is 118 Å². The second-order valence-corrected chi connectivity index (χ2v) is 4.52. The molecule has 0 spiro atoms. The minimum absolute atomic E-state index is 0.236. The highest BCUT2D eigenvalue weighted by Gasteiger charge is 2.13. The second-order valence-electron chi connectivity index (χ2n) is 4.52. The van der Waals surface area contributed by atoms with E-state index in [4.69, 9.17) is 15.2 Å². The Morgan fingerprint density at radius 3 is 2.55 bits per heavy atom. The van der Waals surface area contributed by atoms with Crippen molar-refractivity contribution < 1.29 is 13.9 Å². The van der Waals surface area contributed by atoms with Gasteiger partial charge in [-0.05, 0) is 35.7 Å². The molecule has 0 aliphatic heterocycles. The number of halogens is 1. The van der Waals surface area contributed by atoms with Gasteiger partial charge in [-0.25, -0.2) is 4.39 Å². The molecular formula is C16H18FNO2. The first-order valence-electron chi connectivity index (χ1n) is 6.36. The molecule has 0 fully saturated rings. The zero-order valence-corrected chi connectivity index (χ0v) is 11.6. The average Bonchev–Trinajstić information content (AvgIpc) is 2.49. The highest BCUT2D eigenvalue weighted by Crippen LogP contribution is 2.25. The summed E-state index contributed by atoms with van der Waals surface area (Å²) >= 11 is 0. The van der Waals surface area contributed by atoms with E-state index in [2.05, 4.69) is 0 Å². The molecule has 0 radical (unpaired) electrons. The lowest BCUT2D eigenvalue weighted by molar-refractivity contribution is 0.383. The number of ether oxygens (including phenoxy) is 2. The molecule has 0 aliphatic rings. The Hall–Kier alpha value is -2.07. The Morgan fingerprint density at radius 1 is 1.10 bits per heavy atom. The van der Waals surface area contributed by atoms with Crippen molar-refractivity contribution in [3.8, 4) is 11.5 Å². The van der Waals surface area contributed by atoms with Gasteiger partial charge in [0, 0.05) is 6.04 Å². The molecule has 1 unspecified atom stereocenters. The van der Waals surface area contributed by atoms with Crippen LogP contribution < -0.4 is 15.2 Å². The van der Waals surface area contributed by atoms with Crippen LogP contribution in [0.1, 0.15) is 17.2 Å². The molecule has 106 valence electrons. The van der Waals surface area contributed by atoms with E-state index in [0.29, 0.717) is 12.0 Å². The van der Waals surface area contributed by atoms with Gasteiger partial charge in [-0.2, -0.15) is 0 Å². The van der Waals surface area contributed by atoms with E-state index in [-0.39, 0.29) is 17.6 Å². The lowest BCUT2D eigenvalue weighted by Crippen LogP contribution is -2.14. The topological polar surface area (TPSA) is 44.5 Å². The van der Waals surface area contributed by atoms with Gasteiger partial charge in [-0.15, -0.1) is 0 Å². The van der Waals surface area contributed by atoms with E-state index in [9.17, 15) is 4.39 Å². The first-order chi connectivity index (χ1) is 9.65. The van der Waals surface area contributed by atoms with Crippen LogP contribution >= 0.6 is 0 Å². The fraction of sp³-hybridized carbons (Fsp3) is 0.250. The molecular weight excluding hydrogens is 257 g/mol. The van der Waals surface area contributed by atoms with Gasteiger partial charge in [0.15, 0.2) is 11.6 Å². The smallest absolute Gasteiger partial charge is 0.168 e. The number of rotatable bonds is 5. The molecule has 0 saturated heterocycles. The fourth-order valence-electron chi connectivity index (χ4n) is 2.10. The molecule has 2 aromatic carbocycles. The molecule has 0 aromatic heterocycles. The Morgan fingerprint density at radius 2 is 1.85 bits per heavy atom. The predicted octanol–water partition coefficient (Wildman–Crippen LogP) is 3.09.